The van der Waals surface area contributed by atoms with Crippen LogP contribution in [-0.2, 0) is 0 Å². The lowest BCUT2D eigenvalue weighted by atomic mass is 10.1. The van der Waals surface area contributed by atoms with Crippen molar-refractivity contribution in [3.8, 4) is 5.75 Å². The Balaban J connectivity index is 1.86. The molecule has 2 aromatic carbocycles. The average molecular weight is 256 g/mol. The Hall–Kier alpha value is -2.16. The number of anilines is 2. The Morgan fingerprint density at radius 2 is 1.68 bits per heavy atom. The third kappa shape index (κ3) is 3.41. The second-order valence-electron chi connectivity index (χ2n) is 4.58. The number of ether oxygens (including phenoxy) is 1. The van der Waals surface area contributed by atoms with Crippen molar-refractivity contribution in [3.63, 3.8) is 0 Å². The van der Waals surface area contributed by atoms with E-state index < -0.39 is 0 Å². The smallest absolute Gasteiger partial charge is 0.142 e. The maximum absolute atomic E-state index is 5.82. The summed E-state index contributed by atoms with van der Waals surface area (Å²) in [7, 11) is 0. The SMILES string of the molecule is Cc1cccc(C)c1NCCOc1ccccc1N. The predicted molar refractivity (Wildman–Crippen MR) is 80.8 cm³/mol. The first-order chi connectivity index (χ1) is 9.18. The molecule has 0 radical (unpaired) electrons. The standard InChI is InChI=1S/C16H20N2O/c1-12-6-5-7-13(2)16(12)18-10-11-19-15-9-4-3-8-14(15)17/h3-9,18H,10-11,17H2,1-2H3. The van der Waals surface area contributed by atoms with Gasteiger partial charge in [-0.25, -0.2) is 0 Å². The summed E-state index contributed by atoms with van der Waals surface area (Å²) in [4.78, 5) is 0. The van der Waals surface area contributed by atoms with E-state index in [0.29, 0.717) is 12.3 Å². The van der Waals surface area contributed by atoms with Crippen molar-refractivity contribution in [1.29, 1.82) is 0 Å². The lowest BCUT2D eigenvalue weighted by molar-refractivity contribution is 0.334. The number of aryl methyl sites for hydroxylation is 2. The molecule has 100 valence electrons. The van der Waals surface area contributed by atoms with E-state index in [-0.39, 0.29) is 0 Å². The van der Waals surface area contributed by atoms with Gasteiger partial charge in [0, 0.05) is 12.2 Å². The molecule has 3 N–H and O–H groups in total. The fraction of sp³-hybridized carbons (Fsp3) is 0.250. The van der Waals surface area contributed by atoms with Crippen LogP contribution >= 0.6 is 0 Å². The molecule has 3 heteroatoms. The number of nitrogens with one attached hydrogen (secondary N) is 1. The molecule has 0 saturated carbocycles. The van der Waals surface area contributed by atoms with Gasteiger partial charge in [-0.3, -0.25) is 0 Å². The molecule has 0 spiro atoms. The van der Waals surface area contributed by atoms with E-state index in [1.165, 1.54) is 16.8 Å². The fourth-order valence-electron chi connectivity index (χ4n) is 2.04. The Morgan fingerprint density at radius 3 is 2.37 bits per heavy atom. The van der Waals surface area contributed by atoms with Gasteiger partial charge in [-0.2, -0.15) is 0 Å². The van der Waals surface area contributed by atoms with Gasteiger partial charge in [0.25, 0.3) is 0 Å². The zero-order valence-electron chi connectivity index (χ0n) is 11.4. The maximum Gasteiger partial charge on any atom is 0.142 e. The van der Waals surface area contributed by atoms with E-state index >= 15 is 0 Å². The number of nitrogens with two attached hydrogens (primary N) is 1. The zero-order valence-corrected chi connectivity index (χ0v) is 11.4. The minimum absolute atomic E-state index is 0.585. The van der Waals surface area contributed by atoms with E-state index in [4.69, 9.17) is 10.5 Å². The van der Waals surface area contributed by atoms with E-state index in [1.54, 1.807) is 0 Å². The Labute approximate surface area is 114 Å². The first kappa shape index (κ1) is 13.3. The summed E-state index contributed by atoms with van der Waals surface area (Å²) in [6, 6.07) is 13.8. The molecule has 2 aromatic rings. The zero-order chi connectivity index (χ0) is 13.7. The Kier molecular flexibility index (Phi) is 4.29. The molecule has 3 nitrogen and oxygen atoms in total. The quantitative estimate of drug-likeness (QED) is 0.637. The second kappa shape index (κ2) is 6.14. The van der Waals surface area contributed by atoms with Crippen molar-refractivity contribution in [2.24, 2.45) is 0 Å². The van der Waals surface area contributed by atoms with Gasteiger partial charge < -0.3 is 15.8 Å². The third-order valence-corrected chi connectivity index (χ3v) is 3.06. The molecule has 0 unspecified atom stereocenters. The lowest BCUT2D eigenvalue weighted by Gasteiger charge is -2.13. The van der Waals surface area contributed by atoms with Crippen molar-refractivity contribution in [1.82, 2.24) is 0 Å². The highest BCUT2D eigenvalue weighted by molar-refractivity contribution is 5.56. The van der Waals surface area contributed by atoms with Gasteiger partial charge in [0.15, 0.2) is 0 Å². The molecule has 2 rings (SSSR count). The Bertz CT molecular complexity index is 532. The summed E-state index contributed by atoms with van der Waals surface area (Å²) in [6.07, 6.45) is 0. The van der Waals surface area contributed by atoms with Crippen LogP contribution in [0.3, 0.4) is 0 Å². The molecule has 0 amide bonds. The molecular formula is C16H20N2O. The van der Waals surface area contributed by atoms with E-state index in [0.717, 1.165) is 12.3 Å². The van der Waals surface area contributed by atoms with Crippen LogP contribution in [0.25, 0.3) is 0 Å². The summed E-state index contributed by atoms with van der Waals surface area (Å²) in [6.45, 7) is 5.54. The molecule has 0 atom stereocenters. The largest absolute Gasteiger partial charge is 0.490 e. The highest BCUT2D eigenvalue weighted by Crippen LogP contribution is 2.21. The topological polar surface area (TPSA) is 47.3 Å². The number of para-hydroxylation sites is 3. The van der Waals surface area contributed by atoms with Crippen LogP contribution in [0.15, 0.2) is 42.5 Å². The molecule has 0 aromatic heterocycles. The fourth-order valence-corrected chi connectivity index (χ4v) is 2.04. The highest BCUT2D eigenvalue weighted by atomic mass is 16.5. The summed E-state index contributed by atoms with van der Waals surface area (Å²) < 4.78 is 5.65. The highest BCUT2D eigenvalue weighted by Gasteiger charge is 2.01. The molecule has 19 heavy (non-hydrogen) atoms. The van der Waals surface area contributed by atoms with Crippen LogP contribution in [0.4, 0.5) is 11.4 Å². The van der Waals surface area contributed by atoms with Crippen LogP contribution in [-0.4, -0.2) is 13.2 Å². The Morgan fingerprint density at radius 1 is 1.00 bits per heavy atom. The van der Waals surface area contributed by atoms with E-state index in [9.17, 15) is 0 Å². The first-order valence-corrected chi connectivity index (χ1v) is 6.46. The molecule has 0 bridgehead atoms. The van der Waals surface area contributed by atoms with Crippen LogP contribution in [0.5, 0.6) is 5.75 Å². The predicted octanol–water partition coefficient (Wildman–Crippen LogP) is 3.38. The average Bonchev–Trinajstić information content (AvgIpc) is 2.39. The van der Waals surface area contributed by atoms with Gasteiger partial charge in [0.2, 0.25) is 0 Å². The van der Waals surface area contributed by atoms with Crippen molar-refractivity contribution in [2.45, 2.75) is 13.8 Å². The van der Waals surface area contributed by atoms with Gasteiger partial charge >= 0.3 is 0 Å². The summed E-state index contributed by atoms with van der Waals surface area (Å²) >= 11 is 0. The summed E-state index contributed by atoms with van der Waals surface area (Å²) in [5.74, 6) is 0.741. The van der Waals surface area contributed by atoms with Gasteiger partial charge in [-0.05, 0) is 37.1 Å². The molecule has 0 saturated heterocycles. The molecular weight excluding hydrogens is 236 g/mol. The summed E-state index contributed by atoms with van der Waals surface area (Å²) in [5, 5.41) is 3.41. The molecule has 0 heterocycles. The maximum atomic E-state index is 5.82. The number of hydrogen-bond donors (Lipinski definition) is 2. The lowest BCUT2D eigenvalue weighted by Crippen LogP contribution is -2.13. The van der Waals surface area contributed by atoms with Gasteiger partial charge in [-0.15, -0.1) is 0 Å². The first-order valence-electron chi connectivity index (χ1n) is 6.46. The normalized spacial score (nSPS) is 10.2. The third-order valence-electron chi connectivity index (χ3n) is 3.06. The van der Waals surface area contributed by atoms with Crippen molar-refractivity contribution in [2.75, 3.05) is 24.2 Å². The van der Waals surface area contributed by atoms with Crippen molar-refractivity contribution < 1.29 is 4.74 Å². The van der Waals surface area contributed by atoms with Crippen LogP contribution in [0, 0.1) is 13.8 Å². The number of hydrogen-bond acceptors (Lipinski definition) is 3. The molecule has 0 aliphatic carbocycles. The van der Waals surface area contributed by atoms with E-state index in [2.05, 4.69) is 37.4 Å². The number of rotatable bonds is 5. The summed E-state index contributed by atoms with van der Waals surface area (Å²) in [5.41, 5.74) is 10.2. The number of benzene rings is 2. The molecule has 0 fully saturated rings. The van der Waals surface area contributed by atoms with E-state index in [1.807, 2.05) is 24.3 Å². The van der Waals surface area contributed by atoms with Crippen molar-refractivity contribution >= 4 is 11.4 Å². The van der Waals surface area contributed by atoms with Crippen LogP contribution < -0.4 is 15.8 Å². The number of nitrogen functional groups attached to an aromatic ring is 1. The minimum Gasteiger partial charge on any atom is -0.490 e. The monoisotopic (exact) mass is 256 g/mol. The second-order valence-corrected chi connectivity index (χ2v) is 4.58. The molecule has 0 aliphatic rings. The van der Waals surface area contributed by atoms with Gasteiger partial charge in [0.05, 0.1) is 5.69 Å². The van der Waals surface area contributed by atoms with Crippen LogP contribution in [0.2, 0.25) is 0 Å². The van der Waals surface area contributed by atoms with Crippen LogP contribution in [0.1, 0.15) is 11.1 Å². The van der Waals surface area contributed by atoms with Gasteiger partial charge in [0.1, 0.15) is 12.4 Å². The van der Waals surface area contributed by atoms with Crippen molar-refractivity contribution in [3.05, 3.63) is 53.6 Å². The molecule has 0 aliphatic heterocycles. The van der Waals surface area contributed by atoms with Gasteiger partial charge in [-0.1, -0.05) is 30.3 Å². The minimum atomic E-state index is 0.585.